The van der Waals surface area contributed by atoms with Crippen LogP contribution in [0.2, 0.25) is 0 Å². The van der Waals surface area contributed by atoms with E-state index in [1.807, 2.05) is 0 Å². The minimum Gasteiger partial charge on any atom is -0.724 e. The summed E-state index contributed by atoms with van der Waals surface area (Å²) in [6.45, 7) is 0. The zero-order chi connectivity index (χ0) is 11.1. The van der Waals surface area contributed by atoms with Crippen molar-refractivity contribution in [2.24, 2.45) is 0 Å². The van der Waals surface area contributed by atoms with Crippen molar-refractivity contribution >= 4 is 20.8 Å². The second-order valence-electron chi connectivity index (χ2n) is 1.04. The number of hydrogen-bond donors (Lipinski definition) is 1. The summed E-state index contributed by atoms with van der Waals surface area (Å²) < 4.78 is 61.5. The standard InChI is InChI=1S/HNO2.2Na.H2O8S2/c2-1-3;;;1-9(2,3)7-8-10(4,5)6/h1H;;;(H,1,2,3)(H,4,5,6)/q;2*+1;/p-2. The van der Waals surface area contributed by atoms with E-state index in [0.29, 0.717) is 0 Å². The molecule has 11 nitrogen and oxygen atoms in total. The molecule has 0 radical (unpaired) electrons. The van der Waals surface area contributed by atoms with Crippen molar-refractivity contribution in [2.45, 2.75) is 0 Å². The van der Waals surface area contributed by atoms with Gasteiger partial charge in [0.2, 0.25) is 20.8 Å². The van der Waals surface area contributed by atoms with Crippen LogP contribution < -0.4 is 64.5 Å². The first-order valence-electron chi connectivity index (χ1n) is 1.91. The first-order valence-corrected chi connectivity index (χ1v) is 4.57. The van der Waals surface area contributed by atoms with Gasteiger partial charge in [0, 0.05) is 5.34 Å². The maximum atomic E-state index is 9.37. The van der Waals surface area contributed by atoms with Gasteiger partial charge in [-0.2, -0.15) is 0 Å². The Bertz CT molecular complexity index is 294. The van der Waals surface area contributed by atoms with Crippen molar-refractivity contribution < 1.29 is 99.1 Å². The van der Waals surface area contributed by atoms with Crippen molar-refractivity contribution in [3.63, 3.8) is 0 Å². The van der Waals surface area contributed by atoms with Crippen molar-refractivity contribution in [2.75, 3.05) is 0 Å². The number of rotatable bonds is 3. The topological polar surface area (TPSA) is 187 Å². The molecule has 0 amide bonds. The fourth-order valence-electron chi connectivity index (χ4n) is 0.0680. The molecular weight excluding hydrogens is 284 g/mol. The van der Waals surface area contributed by atoms with Crippen LogP contribution in [0.15, 0.2) is 0 Å². The Morgan fingerprint density at radius 2 is 1.00 bits per heavy atom. The van der Waals surface area contributed by atoms with Crippen LogP contribution in [0.3, 0.4) is 0 Å². The Morgan fingerprint density at radius 3 is 1.07 bits per heavy atom. The molecule has 15 heteroatoms. The Kier molecular flexibility index (Phi) is 19.4. The second kappa shape index (κ2) is 11.6. The number of nitrogens with one attached hydrogen (secondary N) is 1. The Morgan fingerprint density at radius 1 is 0.867 bits per heavy atom. The first-order chi connectivity index (χ1) is 5.62. The van der Waals surface area contributed by atoms with Gasteiger partial charge in [-0.3, -0.25) is 10.1 Å². The zero-order valence-corrected chi connectivity index (χ0v) is 13.0. The Labute approximate surface area is 128 Å². The fourth-order valence-corrected chi connectivity index (χ4v) is 0.612. The summed E-state index contributed by atoms with van der Waals surface area (Å²) in [5, 5.41) is 8.38. The molecule has 80 valence electrons. The van der Waals surface area contributed by atoms with E-state index in [4.69, 9.17) is 10.1 Å². The van der Waals surface area contributed by atoms with Crippen molar-refractivity contribution in [1.29, 1.82) is 0 Å². The van der Waals surface area contributed by atoms with Crippen LogP contribution in [0.4, 0.5) is 0 Å². The summed E-state index contributed by atoms with van der Waals surface area (Å²) in [4.78, 5) is 8.12. The van der Waals surface area contributed by atoms with Gasteiger partial charge in [0.05, 0.1) is 0 Å². The van der Waals surface area contributed by atoms with E-state index in [2.05, 4.69) is 8.67 Å². The molecule has 0 aliphatic rings. The molecule has 0 fully saturated rings. The van der Waals surface area contributed by atoms with Crippen LogP contribution in [-0.4, -0.2) is 25.9 Å². The summed E-state index contributed by atoms with van der Waals surface area (Å²) in [5.41, 5.74) is 0. The third-order valence-corrected chi connectivity index (χ3v) is 0.750. The van der Waals surface area contributed by atoms with Crippen molar-refractivity contribution in [3.8, 4) is 0 Å². The van der Waals surface area contributed by atoms with Crippen LogP contribution in [0.5, 0.6) is 0 Å². The van der Waals surface area contributed by atoms with Gasteiger partial charge in [-0.05, 0) is 0 Å². The molecule has 0 spiro atoms. The molecule has 1 N–H and O–H groups in total. The van der Waals surface area contributed by atoms with E-state index in [0.717, 1.165) is 0 Å². The molecule has 0 aromatic rings. The molecular formula is HNNa2O10S2. The van der Waals surface area contributed by atoms with E-state index in [1.54, 1.807) is 0 Å². The minimum absolute atomic E-state index is 0. The zero-order valence-electron chi connectivity index (χ0n) is 7.40. The molecule has 0 aliphatic carbocycles. The summed E-state index contributed by atoms with van der Waals surface area (Å²) in [7, 11) is -10.6. The predicted octanol–water partition coefficient (Wildman–Crippen LogP) is -9.81. The maximum Gasteiger partial charge on any atom is 1.00 e. The SMILES string of the molecule is O=S(=O)([O-])OOS(=O)(=O)[O-].O=[NH+][O-].[Na+].[Na+]. The van der Waals surface area contributed by atoms with E-state index < -0.39 is 20.8 Å². The molecule has 0 bridgehead atoms. The molecule has 15 heavy (non-hydrogen) atoms. The van der Waals surface area contributed by atoms with Crippen LogP contribution in [-0.2, 0) is 29.5 Å². The van der Waals surface area contributed by atoms with Crippen LogP contribution in [0.25, 0.3) is 0 Å². The third-order valence-electron chi connectivity index (χ3n) is 0.194. The summed E-state index contributed by atoms with van der Waals surface area (Å²) in [6, 6.07) is 0. The average molecular weight is 285 g/mol. The molecule has 0 heterocycles. The normalized spacial score (nSPS) is 9.73. The smallest absolute Gasteiger partial charge is 0.724 e. The predicted molar refractivity (Wildman–Crippen MR) is 29.3 cm³/mol. The summed E-state index contributed by atoms with van der Waals surface area (Å²) >= 11 is 0. The molecule has 0 atom stereocenters. The van der Waals surface area contributed by atoms with E-state index >= 15 is 0 Å². The minimum atomic E-state index is -5.31. The van der Waals surface area contributed by atoms with Gasteiger partial charge in [-0.15, -0.1) is 8.67 Å². The first kappa shape index (κ1) is 25.1. The van der Waals surface area contributed by atoms with Gasteiger partial charge >= 0.3 is 59.1 Å². The Hall–Kier alpha value is 1.14. The van der Waals surface area contributed by atoms with Gasteiger partial charge in [0.1, 0.15) is 0 Å². The van der Waals surface area contributed by atoms with E-state index in [1.165, 1.54) is 0 Å². The van der Waals surface area contributed by atoms with Crippen molar-refractivity contribution in [1.82, 2.24) is 0 Å². The van der Waals surface area contributed by atoms with Gasteiger partial charge in [-0.1, -0.05) is 0 Å². The molecule has 0 rings (SSSR count). The van der Waals surface area contributed by atoms with Crippen LogP contribution in [0, 0.1) is 10.1 Å². The van der Waals surface area contributed by atoms with Gasteiger partial charge in [0.15, 0.2) is 0 Å². The molecule has 0 aromatic carbocycles. The molecule has 0 saturated heterocycles. The molecule has 0 aliphatic heterocycles. The number of hydrogen-bond acceptors (Lipinski definition) is 10. The van der Waals surface area contributed by atoms with Gasteiger partial charge in [-0.25, -0.2) is 16.8 Å². The van der Waals surface area contributed by atoms with Gasteiger partial charge in [0.25, 0.3) is 0 Å². The average Bonchev–Trinajstić information content (AvgIpc) is 1.82. The van der Waals surface area contributed by atoms with Crippen LogP contribution >= 0.6 is 0 Å². The van der Waals surface area contributed by atoms with Crippen LogP contribution in [0.1, 0.15) is 0 Å². The fraction of sp³-hybridized carbons (Fsp3) is 0. The maximum absolute atomic E-state index is 9.37. The van der Waals surface area contributed by atoms with E-state index in [-0.39, 0.29) is 64.5 Å². The monoisotopic (exact) mass is 285 g/mol. The summed E-state index contributed by atoms with van der Waals surface area (Å²) in [6.07, 6.45) is 0. The quantitative estimate of drug-likeness (QED) is 0.130. The third kappa shape index (κ3) is 39.5. The molecule has 0 saturated carbocycles. The van der Waals surface area contributed by atoms with Crippen molar-refractivity contribution in [3.05, 3.63) is 10.1 Å². The Balaban J connectivity index is -0.000000108. The summed E-state index contributed by atoms with van der Waals surface area (Å²) in [5.74, 6) is 0. The second-order valence-corrected chi connectivity index (χ2v) is 2.94. The van der Waals surface area contributed by atoms with Gasteiger partial charge < -0.3 is 9.11 Å². The van der Waals surface area contributed by atoms with E-state index in [9.17, 15) is 25.9 Å². The molecule has 0 unspecified atom stereocenters. The molecule has 0 aromatic heterocycles. The largest absolute Gasteiger partial charge is 1.00 e.